The summed E-state index contributed by atoms with van der Waals surface area (Å²) in [4.78, 5) is 12.5. The van der Waals surface area contributed by atoms with Crippen molar-refractivity contribution in [3.8, 4) is 0 Å². The molecule has 0 unspecified atom stereocenters. The topological polar surface area (TPSA) is 41.1 Å². The number of benzene rings is 2. The minimum atomic E-state index is -0.528. The number of carbonyl (C=O) groups excluding carboxylic acids is 1. The third-order valence-electron chi connectivity index (χ3n) is 3.52. The SMILES string of the molecule is O=C(NC1CC1)[C@H](Nc1cccc(I)c1)c1ccc(F)cc1. The first kappa shape index (κ1) is 15.3. The Kier molecular flexibility index (Phi) is 4.61. The smallest absolute Gasteiger partial charge is 0.247 e. The molecular weight excluding hydrogens is 394 g/mol. The zero-order chi connectivity index (χ0) is 15.5. The fourth-order valence-corrected chi connectivity index (χ4v) is 2.76. The van der Waals surface area contributed by atoms with Gasteiger partial charge < -0.3 is 10.6 Å². The van der Waals surface area contributed by atoms with Gasteiger partial charge in [-0.15, -0.1) is 0 Å². The van der Waals surface area contributed by atoms with E-state index in [1.165, 1.54) is 12.1 Å². The van der Waals surface area contributed by atoms with Gasteiger partial charge in [-0.1, -0.05) is 18.2 Å². The Morgan fingerprint density at radius 1 is 1.18 bits per heavy atom. The quantitative estimate of drug-likeness (QED) is 0.736. The number of carbonyl (C=O) groups is 1. The lowest BCUT2D eigenvalue weighted by atomic mass is 10.1. The van der Waals surface area contributed by atoms with E-state index in [2.05, 4.69) is 33.2 Å². The monoisotopic (exact) mass is 410 g/mol. The van der Waals surface area contributed by atoms with Crippen molar-refractivity contribution < 1.29 is 9.18 Å². The molecular formula is C17H16FIN2O. The summed E-state index contributed by atoms with van der Waals surface area (Å²) in [6, 6.07) is 13.6. The zero-order valence-electron chi connectivity index (χ0n) is 11.9. The first-order chi connectivity index (χ1) is 10.6. The Hall–Kier alpha value is -1.63. The second-order valence-corrected chi connectivity index (χ2v) is 6.67. The third kappa shape index (κ3) is 3.97. The molecule has 2 aromatic rings. The van der Waals surface area contributed by atoms with Crippen molar-refractivity contribution >= 4 is 34.2 Å². The molecule has 0 spiro atoms. The van der Waals surface area contributed by atoms with E-state index < -0.39 is 6.04 Å². The molecule has 3 rings (SSSR count). The van der Waals surface area contributed by atoms with E-state index >= 15 is 0 Å². The largest absolute Gasteiger partial charge is 0.370 e. The number of nitrogens with one attached hydrogen (secondary N) is 2. The summed E-state index contributed by atoms with van der Waals surface area (Å²) in [7, 11) is 0. The van der Waals surface area contributed by atoms with Crippen molar-refractivity contribution in [1.29, 1.82) is 0 Å². The van der Waals surface area contributed by atoms with E-state index in [4.69, 9.17) is 0 Å². The van der Waals surface area contributed by atoms with Gasteiger partial charge in [-0.2, -0.15) is 0 Å². The van der Waals surface area contributed by atoms with Crippen LogP contribution in [0.2, 0.25) is 0 Å². The van der Waals surface area contributed by atoms with Gasteiger partial charge in [0.15, 0.2) is 0 Å². The average molecular weight is 410 g/mol. The highest BCUT2D eigenvalue weighted by Crippen LogP contribution is 2.24. The number of amides is 1. The van der Waals surface area contributed by atoms with Crippen molar-refractivity contribution in [3.63, 3.8) is 0 Å². The lowest BCUT2D eigenvalue weighted by Crippen LogP contribution is -2.34. The fourth-order valence-electron chi connectivity index (χ4n) is 2.21. The summed E-state index contributed by atoms with van der Waals surface area (Å²) in [6.45, 7) is 0. The van der Waals surface area contributed by atoms with Gasteiger partial charge in [0.2, 0.25) is 5.91 Å². The Morgan fingerprint density at radius 2 is 1.91 bits per heavy atom. The van der Waals surface area contributed by atoms with Gasteiger partial charge >= 0.3 is 0 Å². The van der Waals surface area contributed by atoms with Crippen LogP contribution in [0.5, 0.6) is 0 Å². The summed E-state index contributed by atoms with van der Waals surface area (Å²) >= 11 is 2.23. The van der Waals surface area contributed by atoms with Crippen LogP contribution in [0, 0.1) is 9.39 Å². The molecule has 2 N–H and O–H groups in total. The number of hydrogen-bond donors (Lipinski definition) is 2. The van der Waals surface area contributed by atoms with Crippen molar-refractivity contribution in [2.24, 2.45) is 0 Å². The van der Waals surface area contributed by atoms with Crippen molar-refractivity contribution in [3.05, 3.63) is 63.5 Å². The van der Waals surface area contributed by atoms with E-state index in [1.807, 2.05) is 24.3 Å². The summed E-state index contributed by atoms with van der Waals surface area (Å²) in [5, 5.41) is 6.25. The van der Waals surface area contributed by atoms with Crippen molar-refractivity contribution in [1.82, 2.24) is 5.32 Å². The molecule has 0 aromatic heterocycles. The molecule has 2 aromatic carbocycles. The van der Waals surface area contributed by atoms with E-state index in [-0.39, 0.29) is 17.8 Å². The van der Waals surface area contributed by atoms with Crippen LogP contribution >= 0.6 is 22.6 Å². The van der Waals surface area contributed by atoms with Crippen molar-refractivity contribution in [2.45, 2.75) is 24.9 Å². The molecule has 3 nitrogen and oxygen atoms in total. The van der Waals surface area contributed by atoms with Crippen LogP contribution in [-0.4, -0.2) is 11.9 Å². The summed E-state index contributed by atoms with van der Waals surface area (Å²) < 4.78 is 14.2. The first-order valence-electron chi connectivity index (χ1n) is 7.20. The molecule has 0 radical (unpaired) electrons. The van der Waals surface area contributed by atoms with Crippen molar-refractivity contribution in [2.75, 3.05) is 5.32 Å². The maximum atomic E-state index is 13.1. The van der Waals surface area contributed by atoms with Gasteiger partial charge in [0.1, 0.15) is 11.9 Å². The minimum absolute atomic E-state index is 0.0760. The fraction of sp³-hybridized carbons (Fsp3) is 0.235. The molecule has 1 amide bonds. The molecule has 1 aliphatic rings. The number of anilines is 1. The van der Waals surface area contributed by atoms with E-state index in [1.54, 1.807) is 12.1 Å². The highest BCUT2D eigenvalue weighted by Gasteiger charge is 2.28. The molecule has 114 valence electrons. The molecule has 1 saturated carbocycles. The molecule has 1 aliphatic carbocycles. The summed E-state index contributed by atoms with van der Waals surface area (Å²) in [5.74, 6) is -0.382. The minimum Gasteiger partial charge on any atom is -0.370 e. The molecule has 0 aliphatic heterocycles. The van der Waals surface area contributed by atoms with Crippen LogP contribution in [-0.2, 0) is 4.79 Å². The lowest BCUT2D eigenvalue weighted by Gasteiger charge is -2.20. The highest BCUT2D eigenvalue weighted by atomic mass is 127. The summed E-state index contributed by atoms with van der Waals surface area (Å²) in [6.07, 6.45) is 2.07. The second kappa shape index (κ2) is 6.64. The highest BCUT2D eigenvalue weighted by molar-refractivity contribution is 14.1. The lowest BCUT2D eigenvalue weighted by molar-refractivity contribution is -0.122. The predicted molar refractivity (Wildman–Crippen MR) is 93.1 cm³/mol. The average Bonchev–Trinajstić information content (AvgIpc) is 3.30. The van der Waals surface area contributed by atoms with Gasteiger partial charge in [-0.3, -0.25) is 4.79 Å². The Bertz CT molecular complexity index is 671. The van der Waals surface area contributed by atoms with Gasteiger partial charge in [-0.25, -0.2) is 4.39 Å². The molecule has 22 heavy (non-hydrogen) atoms. The number of hydrogen-bond acceptors (Lipinski definition) is 2. The van der Waals surface area contributed by atoms with E-state index in [0.29, 0.717) is 0 Å². The molecule has 0 heterocycles. The van der Waals surface area contributed by atoms with Crippen LogP contribution in [0.1, 0.15) is 24.4 Å². The van der Waals surface area contributed by atoms with Gasteiger partial charge in [0, 0.05) is 15.3 Å². The Labute approximate surface area is 142 Å². The molecule has 5 heteroatoms. The maximum absolute atomic E-state index is 13.1. The van der Waals surface area contributed by atoms with Crippen LogP contribution < -0.4 is 10.6 Å². The molecule has 1 atom stereocenters. The van der Waals surface area contributed by atoms with E-state index in [9.17, 15) is 9.18 Å². The van der Waals surface area contributed by atoms with Crippen LogP contribution in [0.3, 0.4) is 0 Å². The molecule has 0 saturated heterocycles. The predicted octanol–water partition coefficient (Wildman–Crippen LogP) is 3.86. The van der Waals surface area contributed by atoms with Gasteiger partial charge in [0.05, 0.1) is 0 Å². The zero-order valence-corrected chi connectivity index (χ0v) is 14.0. The third-order valence-corrected chi connectivity index (χ3v) is 4.20. The Morgan fingerprint density at radius 3 is 2.55 bits per heavy atom. The Balaban J connectivity index is 1.84. The van der Waals surface area contributed by atoms with Crippen LogP contribution in [0.4, 0.5) is 10.1 Å². The standard InChI is InChI=1S/C17H16FIN2O/c18-12-6-4-11(5-7-12)16(17(22)21-14-8-9-14)20-15-3-1-2-13(19)10-15/h1-7,10,14,16,20H,8-9H2,(H,21,22)/t16-/m1/s1. The van der Waals surface area contributed by atoms with Gasteiger partial charge in [-0.05, 0) is 71.3 Å². The maximum Gasteiger partial charge on any atom is 0.247 e. The van der Waals surface area contributed by atoms with Gasteiger partial charge in [0.25, 0.3) is 0 Å². The normalized spacial score (nSPS) is 15.2. The molecule has 0 bridgehead atoms. The second-order valence-electron chi connectivity index (χ2n) is 5.42. The van der Waals surface area contributed by atoms with Crippen LogP contribution in [0.25, 0.3) is 0 Å². The first-order valence-corrected chi connectivity index (χ1v) is 8.27. The summed E-state index contributed by atoms with van der Waals surface area (Å²) in [5.41, 5.74) is 1.62. The molecule has 1 fully saturated rings. The number of halogens is 2. The van der Waals surface area contributed by atoms with Crippen LogP contribution in [0.15, 0.2) is 48.5 Å². The number of rotatable bonds is 5. The van der Waals surface area contributed by atoms with E-state index in [0.717, 1.165) is 27.7 Å².